The van der Waals surface area contributed by atoms with Gasteiger partial charge in [-0.2, -0.15) is 0 Å². The lowest BCUT2D eigenvalue weighted by Crippen LogP contribution is -2.34. The standard InChI is InChI=1S/C24H29NO3.C6H7N/c1-27-22-14-19-13-20(24(26)21(19)15-23(22)28-2)12-17-8-10-25(11-9-17)16-18-6-4-3-5-7-18;1-6-2-4-7-5-3-6/h3-7,14-15,17,20H,8-13,16H2,1-2H3;2-5H,1H3. The Labute approximate surface area is 209 Å². The molecule has 2 aliphatic rings. The Morgan fingerprint density at radius 3 is 2.20 bits per heavy atom. The van der Waals surface area contributed by atoms with Gasteiger partial charge in [0.1, 0.15) is 0 Å². The van der Waals surface area contributed by atoms with Crippen molar-refractivity contribution in [2.75, 3.05) is 27.3 Å². The summed E-state index contributed by atoms with van der Waals surface area (Å²) >= 11 is 0. The van der Waals surface area contributed by atoms with Gasteiger partial charge in [0, 0.05) is 30.4 Å². The summed E-state index contributed by atoms with van der Waals surface area (Å²) in [6, 6.07) is 18.5. The molecule has 0 amide bonds. The lowest BCUT2D eigenvalue weighted by atomic mass is 9.85. The minimum Gasteiger partial charge on any atom is -0.493 e. The van der Waals surface area contributed by atoms with E-state index in [9.17, 15) is 4.79 Å². The molecule has 0 N–H and O–H groups in total. The largest absolute Gasteiger partial charge is 0.493 e. The molecule has 0 spiro atoms. The summed E-state index contributed by atoms with van der Waals surface area (Å²) in [5.74, 6) is 2.38. The van der Waals surface area contributed by atoms with Crippen LogP contribution in [0.1, 0.15) is 46.3 Å². The van der Waals surface area contributed by atoms with Crippen LogP contribution in [0.2, 0.25) is 0 Å². The minimum atomic E-state index is 0.109. The predicted octanol–water partition coefficient (Wildman–Crippen LogP) is 5.75. The maximum Gasteiger partial charge on any atom is 0.166 e. The van der Waals surface area contributed by atoms with Crippen molar-refractivity contribution in [3.05, 3.63) is 89.2 Å². The Morgan fingerprint density at radius 1 is 0.943 bits per heavy atom. The molecular weight excluding hydrogens is 436 g/mol. The maximum absolute atomic E-state index is 12.9. The van der Waals surface area contributed by atoms with Crippen molar-refractivity contribution in [3.63, 3.8) is 0 Å². The van der Waals surface area contributed by atoms with E-state index in [0.717, 1.165) is 43.6 Å². The number of benzene rings is 2. The molecular formula is C30H36N2O3. The van der Waals surface area contributed by atoms with Crippen LogP contribution in [-0.2, 0) is 13.0 Å². The summed E-state index contributed by atoms with van der Waals surface area (Å²) in [6.07, 6.45) is 7.76. The summed E-state index contributed by atoms with van der Waals surface area (Å²) in [5, 5.41) is 0. The summed E-state index contributed by atoms with van der Waals surface area (Å²) in [5.41, 5.74) is 4.57. The molecule has 0 saturated carbocycles. The zero-order valence-corrected chi connectivity index (χ0v) is 21.1. The van der Waals surface area contributed by atoms with Crippen LogP contribution in [0.3, 0.4) is 0 Å². The van der Waals surface area contributed by atoms with E-state index in [1.807, 2.05) is 31.2 Å². The Bertz CT molecular complexity index is 1090. The molecule has 1 aliphatic heterocycles. The number of aromatic nitrogens is 1. The Kier molecular flexibility index (Phi) is 8.54. The molecule has 0 radical (unpaired) electrons. The van der Waals surface area contributed by atoms with Crippen LogP contribution < -0.4 is 9.47 Å². The van der Waals surface area contributed by atoms with E-state index >= 15 is 0 Å². The van der Waals surface area contributed by atoms with Gasteiger partial charge >= 0.3 is 0 Å². The first kappa shape index (κ1) is 24.9. The molecule has 0 bridgehead atoms. The number of rotatable bonds is 6. The van der Waals surface area contributed by atoms with Gasteiger partial charge in [0.05, 0.1) is 14.2 Å². The number of hydrogen-bond acceptors (Lipinski definition) is 5. The third-order valence-corrected chi connectivity index (χ3v) is 7.13. The summed E-state index contributed by atoms with van der Waals surface area (Å²) < 4.78 is 10.8. The fourth-order valence-electron chi connectivity index (χ4n) is 5.14. The molecule has 3 aromatic rings. The first-order valence-corrected chi connectivity index (χ1v) is 12.5. The number of likely N-dealkylation sites (tertiary alicyclic amines) is 1. The number of nitrogens with zero attached hydrogens (tertiary/aromatic N) is 2. The average Bonchev–Trinajstić information content (AvgIpc) is 3.19. The van der Waals surface area contributed by atoms with Crippen molar-refractivity contribution in [2.45, 2.75) is 39.2 Å². The van der Waals surface area contributed by atoms with E-state index in [4.69, 9.17) is 9.47 Å². The third kappa shape index (κ3) is 6.49. The average molecular weight is 473 g/mol. The van der Waals surface area contributed by atoms with Gasteiger partial charge in [0.25, 0.3) is 0 Å². The lowest BCUT2D eigenvalue weighted by molar-refractivity contribution is 0.0895. The van der Waals surface area contributed by atoms with Crippen LogP contribution >= 0.6 is 0 Å². The zero-order valence-electron chi connectivity index (χ0n) is 21.1. The van der Waals surface area contributed by atoms with Crippen LogP contribution in [0.15, 0.2) is 67.0 Å². The number of ketones is 1. The summed E-state index contributed by atoms with van der Waals surface area (Å²) in [4.78, 5) is 19.3. The molecule has 1 fully saturated rings. The van der Waals surface area contributed by atoms with Crippen LogP contribution in [0, 0.1) is 18.8 Å². The van der Waals surface area contributed by atoms with Crippen LogP contribution in [0.4, 0.5) is 0 Å². The maximum atomic E-state index is 12.9. The van der Waals surface area contributed by atoms with Crippen molar-refractivity contribution < 1.29 is 14.3 Å². The van der Waals surface area contributed by atoms with Gasteiger partial charge in [-0.3, -0.25) is 14.7 Å². The van der Waals surface area contributed by atoms with E-state index in [2.05, 4.69) is 40.2 Å². The second-order valence-corrected chi connectivity index (χ2v) is 9.60. The highest BCUT2D eigenvalue weighted by atomic mass is 16.5. The summed E-state index contributed by atoms with van der Waals surface area (Å²) in [7, 11) is 3.26. The first-order valence-electron chi connectivity index (χ1n) is 12.5. The van der Waals surface area contributed by atoms with Crippen LogP contribution in [0.25, 0.3) is 0 Å². The second kappa shape index (κ2) is 12.0. The van der Waals surface area contributed by atoms with E-state index in [-0.39, 0.29) is 11.7 Å². The molecule has 184 valence electrons. The zero-order chi connectivity index (χ0) is 24.6. The van der Waals surface area contributed by atoms with Gasteiger partial charge < -0.3 is 9.47 Å². The Hall–Kier alpha value is -3.18. The molecule has 2 aromatic carbocycles. The smallest absolute Gasteiger partial charge is 0.166 e. The molecule has 5 heteroatoms. The third-order valence-electron chi connectivity index (χ3n) is 7.13. The fraction of sp³-hybridized carbons (Fsp3) is 0.400. The number of Topliss-reactive ketones (excluding diaryl/α,β-unsaturated/α-hetero) is 1. The van der Waals surface area contributed by atoms with Gasteiger partial charge in [0.15, 0.2) is 17.3 Å². The highest BCUT2D eigenvalue weighted by Crippen LogP contribution is 2.39. The van der Waals surface area contributed by atoms with E-state index in [1.54, 1.807) is 26.6 Å². The Morgan fingerprint density at radius 2 is 1.60 bits per heavy atom. The van der Waals surface area contributed by atoms with Crippen molar-refractivity contribution in [1.82, 2.24) is 9.88 Å². The van der Waals surface area contributed by atoms with Gasteiger partial charge in [-0.05, 0) is 92.6 Å². The van der Waals surface area contributed by atoms with E-state index in [1.165, 1.54) is 24.0 Å². The molecule has 1 aromatic heterocycles. The van der Waals surface area contributed by atoms with E-state index in [0.29, 0.717) is 17.4 Å². The number of pyridine rings is 1. The number of ether oxygens (including phenoxy) is 2. The number of fused-ring (bicyclic) bond motifs is 1. The van der Waals surface area contributed by atoms with Crippen molar-refractivity contribution in [1.29, 1.82) is 0 Å². The number of carbonyl (C=O) groups excluding carboxylic acids is 1. The number of hydrogen-bond donors (Lipinski definition) is 0. The molecule has 1 saturated heterocycles. The van der Waals surface area contributed by atoms with Crippen molar-refractivity contribution in [3.8, 4) is 11.5 Å². The molecule has 1 unspecified atom stereocenters. The second-order valence-electron chi connectivity index (χ2n) is 9.60. The molecule has 1 atom stereocenters. The van der Waals surface area contributed by atoms with Crippen LogP contribution in [0.5, 0.6) is 11.5 Å². The van der Waals surface area contributed by atoms with E-state index < -0.39 is 0 Å². The minimum absolute atomic E-state index is 0.109. The van der Waals surface area contributed by atoms with Gasteiger partial charge in [-0.1, -0.05) is 30.3 Å². The normalized spacial score (nSPS) is 17.9. The predicted molar refractivity (Wildman–Crippen MR) is 139 cm³/mol. The SMILES string of the molecule is COc1cc2c(cc1OC)C(=O)C(CC1CCN(Cc3ccccc3)CC1)C2.Cc1ccncc1. The van der Waals surface area contributed by atoms with Gasteiger partial charge in [-0.25, -0.2) is 0 Å². The molecule has 1 aliphatic carbocycles. The highest BCUT2D eigenvalue weighted by Gasteiger charge is 2.34. The number of carbonyl (C=O) groups is 1. The number of piperidine rings is 1. The molecule has 5 nitrogen and oxygen atoms in total. The van der Waals surface area contributed by atoms with Crippen molar-refractivity contribution >= 4 is 5.78 Å². The first-order chi connectivity index (χ1) is 17.1. The number of methoxy groups -OCH3 is 2. The summed E-state index contributed by atoms with van der Waals surface area (Å²) in [6.45, 7) is 5.31. The van der Waals surface area contributed by atoms with Gasteiger partial charge in [-0.15, -0.1) is 0 Å². The Balaban J connectivity index is 0.000000356. The molecule has 2 heterocycles. The monoisotopic (exact) mass is 472 g/mol. The molecule has 5 rings (SSSR count). The lowest BCUT2D eigenvalue weighted by Gasteiger charge is -2.32. The fourth-order valence-corrected chi connectivity index (χ4v) is 5.14. The van der Waals surface area contributed by atoms with Gasteiger partial charge in [0.2, 0.25) is 0 Å². The highest BCUT2D eigenvalue weighted by molar-refractivity contribution is 6.02. The van der Waals surface area contributed by atoms with Crippen LogP contribution in [-0.4, -0.2) is 43.0 Å². The van der Waals surface area contributed by atoms with Crippen molar-refractivity contribution in [2.24, 2.45) is 11.8 Å². The number of aryl methyl sites for hydroxylation is 1. The topological polar surface area (TPSA) is 51.7 Å². The molecule has 35 heavy (non-hydrogen) atoms. The quantitative estimate of drug-likeness (QED) is 0.457.